The largest absolute Gasteiger partial charge is 0.497 e. The normalized spacial score (nSPS) is 10.9. The van der Waals surface area contributed by atoms with Gasteiger partial charge in [-0.15, -0.1) is 0 Å². The molecule has 2 aromatic carbocycles. The molecular weight excluding hydrogens is 390 g/mol. The molecule has 0 aliphatic rings. The molecule has 0 aliphatic carbocycles. The van der Waals surface area contributed by atoms with E-state index in [1.807, 2.05) is 24.3 Å². The van der Waals surface area contributed by atoms with Crippen LogP contribution < -0.4 is 20.2 Å². The average molecular weight is 408 g/mol. The minimum atomic E-state index is -0.137. The zero-order valence-corrected chi connectivity index (χ0v) is 16.7. The number of benzene rings is 1. The van der Waals surface area contributed by atoms with Crippen molar-refractivity contribution in [3.05, 3.63) is 75.7 Å². The molecule has 4 aromatic rings. The van der Waals surface area contributed by atoms with Crippen LogP contribution in [0.5, 0.6) is 11.5 Å². The first-order chi connectivity index (χ1) is 14.1. The van der Waals surface area contributed by atoms with Crippen LogP contribution in [0.1, 0.15) is 5.56 Å². The van der Waals surface area contributed by atoms with Crippen molar-refractivity contribution in [2.24, 2.45) is 0 Å². The van der Waals surface area contributed by atoms with Gasteiger partial charge in [-0.3, -0.25) is 9.78 Å². The third-order valence-corrected chi connectivity index (χ3v) is 4.89. The van der Waals surface area contributed by atoms with E-state index in [1.165, 1.54) is 6.20 Å². The molecule has 0 aliphatic heterocycles. The maximum Gasteiger partial charge on any atom is 0.196 e. The van der Waals surface area contributed by atoms with Crippen LogP contribution in [-0.2, 0) is 6.54 Å². The molecule has 7 heteroatoms. The molecule has 29 heavy (non-hydrogen) atoms. The minimum absolute atomic E-state index is 0.137. The highest BCUT2D eigenvalue weighted by atomic mass is 35.5. The van der Waals surface area contributed by atoms with Gasteiger partial charge in [0.2, 0.25) is 0 Å². The average Bonchev–Trinajstić information content (AvgIpc) is 2.88. The Balaban J connectivity index is 1.71. The van der Waals surface area contributed by atoms with E-state index in [9.17, 15) is 4.79 Å². The number of ether oxygens (including phenoxy) is 2. The van der Waals surface area contributed by atoms with E-state index in [0.717, 1.165) is 16.7 Å². The molecular formula is C22H18ClN3O3. The molecule has 2 heterocycles. The SMILES string of the molecule is COc1ccc(CNc2cc3c(=O)c4cc(Cl)cnc4ccc3cn2)c(OC)c1. The van der Waals surface area contributed by atoms with Gasteiger partial charge in [0, 0.05) is 46.7 Å². The molecule has 0 spiro atoms. The van der Waals surface area contributed by atoms with Gasteiger partial charge in [0.1, 0.15) is 17.3 Å². The molecule has 4 rings (SSSR count). The molecule has 0 fully saturated rings. The predicted molar refractivity (Wildman–Crippen MR) is 115 cm³/mol. The number of pyridine rings is 2. The van der Waals surface area contributed by atoms with E-state index in [1.54, 1.807) is 38.6 Å². The number of hydrogen-bond donors (Lipinski definition) is 1. The Bertz CT molecular complexity index is 1280. The van der Waals surface area contributed by atoms with E-state index in [4.69, 9.17) is 21.1 Å². The molecule has 6 nitrogen and oxygen atoms in total. The highest BCUT2D eigenvalue weighted by molar-refractivity contribution is 6.31. The van der Waals surface area contributed by atoms with E-state index in [2.05, 4.69) is 15.3 Å². The van der Waals surface area contributed by atoms with E-state index >= 15 is 0 Å². The van der Waals surface area contributed by atoms with E-state index in [0.29, 0.717) is 39.4 Å². The highest BCUT2D eigenvalue weighted by Crippen LogP contribution is 2.25. The standard InChI is InChI=1S/C22H18ClN3O3/c1-28-16-5-3-14(20(8-16)29-2)11-26-21-9-17-13(10-25-21)4-6-19-18(22(17)27)7-15(23)12-24-19/h3-10,12H,11H2,1-2H3,(H,25,26). The van der Waals surface area contributed by atoms with Gasteiger partial charge in [-0.25, -0.2) is 4.98 Å². The lowest BCUT2D eigenvalue weighted by atomic mass is 10.1. The maximum absolute atomic E-state index is 13.0. The summed E-state index contributed by atoms with van der Waals surface area (Å²) in [6, 6.07) is 12.6. The molecule has 146 valence electrons. The Hall–Kier alpha value is -3.38. The Kier molecular flexibility index (Phi) is 5.18. The monoisotopic (exact) mass is 407 g/mol. The Morgan fingerprint density at radius 2 is 1.83 bits per heavy atom. The fourth-order valence-corrected chi connectivity index (χ4v) is 3.31. The summed E-state index contributed by atoms with van der Waals surface area (Å²) in [7, 11) is 3.22. The zero-order valence-electron chi connectivity index (χ0n) is 15.9. The summed E-state index contributed by atoms with van der Waals surface area (Å²) in [5, 5.41) is 5.43. The molecule has 2 aromatic heterocycles. The fraction of sp³-hybridized carbons (Fsp3) is 0.136. The predicted octanol–water partition coefficient (Wildman–Crippen LogP) is 4.43. The van der Waals surface area contributed by atoms with Crippen molar-refractivity contribution in [2.75, 3.05) is 19.5 Å². The number of aromatic nitrogens is 2. The van der Waals surface area contributed by atoms with Gasteiger partial charge in [-0.05, 0) is 30.3 Å². The first-order valence-electron chi connectivity index (χ1n) is 8.92. The maximum atomic E-state index is 13.0. The number of hydrogen-bond acceptors (Lipinski definition) is 6. The molecule has 0 saturated carbocycles. The van der Waals surface area contributed by atoms with Crippen molar-refractivity contribution in [3.8, 4) is 11.5 Å². The van der Waals surface area contributed by atoms with Crippen molar-refractivity contribution in [2.45, 2.75) is 6.54 Å². The number of nitrogens with one attached hydrogen (secondary N) is 1. The summed E-state index contributed by atoms with van der Waals surface area (Å²) in [6.07, 6.45) is 3.20. The lowest BCUT2D eigenvalue weighted by Gasteiger charge is -2.11. The third-order valence-electron chi connectivity index (χ3n) is 4.68. The van der Waals surface area contributed by atoms with Gasteiger partial charge < -0.3 is 14.8 Å². The number of methoxy groups -OCH3 is 2. The van der Waals surface area contributed by atoms with Gasteiger partial charge in [-0.1, -0.05) is 17.7 Å². The van der Waals surface area contributed by atoms with Crippen LogP contribution in [0.3, 0.4) is 0 Å². The van der Waals surface area contributed by atoms with Crippen LogP contribution in [0, 0.1) is 0 Å². The van der Waals surface area contributed by atoms with Gasteiger partial charge in [0.25, 0.3) is 0 Å². The second-order valence-electron chi connectivity index (χ2n) is 6.44. The highest BCUT2D eigenvalue weighted by Gasteiger charge is 2.08. The molecule has 0 bridgehead atoms. The summed E-state index contributed by atoms with van der Waals surface area (Å²) in [5.74, 6) is 2.01. The van der Waals surface area contributed by atoms with E-state index < -0.39 is 0 Å². The molecule has 0 unspecified atom stereocenters. The Morgan fingerprint density at radius 3 is 2.62 bits per heavy atom. The number of halogens is 1. The minimum Gasteiger partial charge on any atom is -0.497 e. The van der Waals surface area contributed by atoms with Gasteiger partial charge in [-0.2, -0.15) is 0 Å². The summed E-state index contributed by atoms with van der Waals surface area (Å²) >= 11 is 6.04. The summed E-state index contributed by atoms with van der Waals surface area (Å²) in [5.41, 5.74) is 1.40. The zero-order chi connectivity index (χ0) is 20.4. The Labute approximate surface area is 172 Å². The molecule has 0 radical (unpaired) electrons. The quantitative estimate of drug-likeness (QED) is 0.527. The molecule has 0 saturated heterocycles. The van der Waals surface area contributed by atoms with Crippen molar-refractivity contribution < 1.29 is 9.47 Å². The number of nitrogens with zero attached hydrogens (tertiary/aromatic N) is 2. The van der Waals surface area contributed by atoms with Gasteiger partial charge in [0.15, 0.2) is 5.43 Å². The first kappa shape index (κ1) is 19.0. The molecule has 1 N–H and O–H groups in total. The van der Waals surface area contributed by atoms with Crippen LogP contribution in [0.25, 0.3) is 21.7 Å². The van der Waals surface area contributed by atoms with Gasteiger partial charge >= 0.3 is 0 Å². The van der Waals surface area contributed by atoms with Crippen LogP contribution >= 0.6 is 11.6 Å². The summed E-state index contributed by atoms with van der Waals surface area (Å²) in [6.45, 7) is 0.479. The Morgan fingerprint density at radius 1 is 0.966 bits per heavy atom. The summed E-state index contributed by atoms with van der Waals surface area (Å²) < 4.78 is 10.7. The lowest BCUT2D eigenvalue weighted by molar-refractivity contribution is 0.391. The van der Waals surface area contributed by atoms with Crippen LogP contribution in [-0.4, -0.2) is 24.2 Å². The van der Waals surface area contributed by atoms with E-state index in [-0.39, 0.29) is 5.43 Å². The molecule has 0 atom stereocenters. The third kappa shape index (κ3) is 3.79. The molecule has 0 amide bonds. The number of anilines is 1. The van der Waals surface area contributed by atoms with Crippen LogP contribution in [0.4, 0.5) is 5.82 Å². The number of rotatable bonds is 5. The van der Waals surface area contributed by atoms with Gasteiger partial charge in [0.05, 0.1) is 24.8 Å². The fourth-order valence-electron chi connectivity index (χ4n) is 3.15. The second-order valence-corrected chi connectivity index (χ2v) is 6.87. The van der Waals surface area contributed by atoms with Crippen LogP contribution in [0.15, 0.2) is 59.7 Å². The summed E-state index contributed by atoms with van der Waals surface area (Å²) in [4.78, 5) is 21.7. The van der Waals surface area contributed by atoms with Crippen molar-refractivity contribution in [1.29, 1.82) is 0 Å². The van der Waals surface area contributed by atoms with Crippen molar-refractivity contribution in [1.82, 2.24) is 9.97 Å². The number of fused-ring (bicyclic) bond motifs is 2. The first-order valence-corrected chi connectivity index (χ1v) is 9.30. The smallest absolute Gasteiger partial charge is 0.196 e. The topological polar surface area (TPSA) is 73.3 Å². The van der Waals surface area contributed by atoms with Crippen molar-refractivity contribution in [3.63, 3.8) is 0 Å². The van der Waals surface area contributed by atoms with Crippen LogP contribution in [0.2, 0.25) is 5.02 Å². The second kappa shape index (κ2) is 7.93. The lowest BCUT2D eigenvalue weighted by Crippen LogP contribution is -2.05. The van der Waals surface area contributed by atoms with Crippen molar-refractivity contribution >= 4 is 39.1 Å².